The zero-order valence-electron chi connectivity index (χ0n) is 9.16. The highest BCUT2D eigenvalue weighted by Gasteiger charge is 2.26. The number of ether oxygens (including phenoxy) is 2. The SMILES string of the molecule is CONc1cc2c3c(c1)OCCN3CCO2. The van der Waals surface area contributed by atoms with Gasteiger partial charge in [-0.25, -0.2) is 0 Å². The molecule has 1 N–H and O–H groups in total. The molecule has 2 heterocycles. The molecule has 5 nitrogen and oxygen atoms in total. The first-order valence-corrected chi connectivity index (χ1v) is 5.36. The van der Waals surface area contributed by atoms with Gasteiger partial charge in [0.25, 0.3) is 0 Å². The third-order valence-corrected chi connectivity index (χ3v) is 2.81. The van der Waals surface area contributed by atoms with E-state index in [1.165, 1.54) is 0 Å². The van der Waals surface area contributed by atoms with Crippen LogP contribution in [0.1, 0.15) is 0 Å². The Morgan fingerprint density at radius 2 is 1.81 bits per heavy atom. The molecule has 1 aromatic rings. The van der Waals surface area contributed by atoms with Crippen molar-refractivity contribution in [3.05, 3.63) is 12.1 Å². The largest absolute Gasteiger partial charge is 0.489 e. The van der Waals surface area contributed by atoms with Gasteiger partial charge >= 0.3 is 0 Å². The Morgan fingerprint density at radius 3 is 2.38 bits per heavy atom. The second-order valence-corrected chi connectivity index (χ2v) is 3.81. The number of benzene rings is 1. The van der Waals surface area contributed by atoms with E-state index in [2.05, 4.69) is 10.4 Å². The Bertz CT molecular complexity index is 377. The molecule has 0 aliphatic carbocycles. The normalized spacial score (nSPS) is 17.2. The van der Waals surface area contributed by atoms with Crippen LogP contribution in [0.15, 0.2) is 12.1 Å². The van der Waals surface area contributed by atoms with Gasteiger partial charge in [0.2, 0.25) is 0 Å². The summed E-state index contributed by atoms with van der Waals surface area (Å²) in [5.74, 6) is 1.73. The van der Waals surface area contributed by atoms with Crippen LogP contribution in [0.2, 0.25) is 0 Å². The maximum absolute atomic E-state index is 5.64. The number of hydrogen-bond donors (Lipinski definition) is 1. The summed E-state index contributed by atoms with van der Waals surface area (Å²) in [6.45, 7) is 3.31. The highest BCUT2D eigenvalue weighted by molar-refractivity contribution is 5.74. The van der Waals surface area contributed by atoms with Gasteiger partial charge in [0.05, 0.1) is 25.9 Å². The van der Waals surface area contributed by atoms with Gasteiger partial charge in [-0.1, -0.05) is 0 Å². The molecule has 0 saturated carbocycles. The molecule has 2 aliphatic rings. The fourth-order valence-corrected chi connectivity index (χ4v) is 2.16. The maximum Gasteiger partial charge on any atom is 0.148 e. The monoisotopic (exact) mass is 222 g/mol. The van der Waals surface area contributed by atoms with Crippen molar-refractivity contribution in [2.45, 2.75) is 0 Å². The highest BCUT2D eigenvalue weighted by Crippen LogP contribution is 2.44. The fraction of sp³-hybridized carbons (Fsp3) is 0.455. The molecule has 0 spiro atoms. The summed E-state index contributed by atoms with van der Waals surface area (Å²) in [7, 11) is 1.58. The van der Waals surface area contributed by atoms with Gasteiger partial charge in [-0.05, 0) is 0 Å². The van der Waals surface area contributed by atoms with Crippen LogP contribution in [-0.2, 0) is 4.84 Å². The van der Waals surface area contributed by atoms with Gasteiger partial charge in [-0.15, -0.1) is 0 Å². The molecule has 3 rings (SSSR count). The molecule has 0 saturated heterocycles. The molecule has 0 fully saturated rings. The van der Waals surface area contributed by atoms with Crippen LogP contribution in [0.3, 0.4) is 0 Å². The first kappa shape index (κ1) is 9.59. The van der Waals surface area contributed by atoms with Gasteiger partial charge in [0.1, 0.15) is 30.4 Å². The summed E-state index contributed by atoms with van der Waals surface area (Å²) in [4.78, 5) is 7.19. The van der Waals surface area contributed by atoms with Crippen LogP contribution in [0.25, 0.3) is 0 Å². The average molecular weight is 222 g/mol. The van der Waals surface area contributed by atoms with Gasteiger partial charge in [-0.3, -0.25) is 10.3 Å². The highest BCUT2D eigenvalue weighted by atomic mass is 16.6. The molecule has 0 amide bonds. The van der Waals surface area contributed by atoms with E-state index in [1.54, 1.807) is 7.11 Å². The lowest BCUT2D eigenvalue weighted by molar-refractivity contribution is 0.258. The summed E-state index contributed by atoms with van der Waals surface area (Å²) in [5.41, 5.74) is 4.71. The average Bonchev–Trinajstić information content (AvgIpc) is 2.30. The third kappa shape index (κ3) is 1.44. The molecule has 2 aliphatic heterocycles. The standard InChI is InChI=1S/C11H14N2O3/c1-14-12-8-6-9-11-10(7-8)16-5-3-13(11)2-4-15-9/h6-7,12H,2-5H2,1H3. The Balaban J connectivity index is 2.06. The van der Waals surface area contributed by atoms with Gasteiger partial charge in [-0.2, -0.15) is 0 Å². The van der Waals surface area contributed by atoms with Crippen molar-refractivity contribution in [3.63, 3.8) is 0 Å². The molecular formula is C11H14N2O3. The molecule has 86 valence electrons. The summed E-state index contributed by atoms with van der Waals surface area (Å²) in [6.07, 6.45) is 0. The minimum atomic E-state index is 0.725. The number of nitrogens with zero attached hydrogens (tertiary/aromatic N) is 1. The van der Waals surface area contributed by atoms with E-state index in [-0.39, 0.29) is 0 Å². The van der Waals surface area contributed by atoms with Crippen molar-refractivity contribution in [1.82, 2.24) is 0 Å². The summed E-state index contributed by atoms with van der Waals surface area (Å²) in [6, 6.07) is 3.87. The Hall–Kier alpha value is -1.62. The van der Waals surface area contributed by atoms with Crippen LogP contribution in [0, 0.1) is 0 Å². The van der Waals surface area contributed by atoms with E-state index in [9.17, 15) is 0 Å². The van der Waals surface area contributed by atoms with E-state index in [4.69, 9.17) is 14.3 Å². The van der Waals surface area contributed by atoms with Gasteiger partial charge in [0, 0.05) is 12.1 Å². The topological polar surface area (TPSA) is 43.0 Å². The molecule has 0 radical (unpaired) electrons. The lowest BCUT2D eigenvalue weighted by Crippen LogP contribution is -2.39. The lowest BCUT2D eigenvalue weighted by Gasteiger charge is -2.36. The van der Waals surface area contributed by atoms with Crippen molar-refractivity contribution in [2.75, 3.05) is 43.8 Å². The molecule has 0 atom stereocenters. The third-order valence-electron chi connectivity index (χ3n) is 2.81. The molecule has 0 aromatic heterocycles. The lowest BCUT2D eigenvalue weighted by atomic mass is 10.1. The zero-order valence-corrected chi connectivity index (χ0v) is 9.16. The summed E-state index contributed by atoms with van der Waals surface area (Å²) >= 11 is 0. The van der Waals surface area contributed by atoms with Crippen molar-refractivity contribution in [3.8, 4) is 11.5 Å². The number of anilines is 2. The minimum Gasteiger partial charge on any atom is -0.489 e. The number of hydrogen-bond acceptors (Lipinski definition) is 5. The first-order valence-electron chi connectivity index (χ1n) is 5.36. The summed E-state index contributed by atoms with van der Waals surface area (Å²) < 4.78 is 11.3. The fourth-order valence-electron chi connectivity index (χ4n) is 2.16. The van der Waals surface area contributed by atoms with Crippen molar-refractivity contribution < 1.29 is 14.3 Å². The first-order chi connectivity index (χ1) is 7.88. The molecule has 5 heteroatoms. The second-order valence-electron chi connectivity index (χ2n) is 3.81. The Morgan fingerprint density at radius 1 is 1.19 bits per heavy atom. The van der Waals surface area contributed by atoms with E-state index >= 15 is 0 Å². The van der Waals surface area contributed by atoms with E-state index in [0.29, 0.717) is 0 Å². The molecular weight excluding hydrogens is 208 g/mol. The number of rotatable bonds is 2. The van der Waals surface area contributed by atoms with Crippen LogP contribution in [-0.4, -0.2) is 33.4 Å². The predicted octanol–water partition coefficient (Wildman–Crippen LogP) is 1.25. The van der Waals surface area contributed by atoms with Crippen molar-refractivity contribution in [2.24, 2.45) is 0 Å². The van der Waals surface area contributed by atoms with Crippen LogP contribution >= 0.6 is 0 Å². The zero-order chi connectivity index (χ0) is 11.0. The predicted molar refractivity (Wildman–Crippen MR) is 60.3 cm³/mol. The molecule has 0 bridgehead atoms. The Labute approximate surface area is 93.8 Å². The molecule has 1 aromatic carbocycles. The quantitative estimate of drug-likeness (QED) is 0.763. The molecule has 0 unspecified atom stereocenters. The minimum absolute atomic E-state index is 0.725. The van der Waals surface area contributed by atoms with Crippen molar-refractivity contribution in [1.29, 1.82) is 0 Å². The van der Waals surface area contributed by atoms with E-state index in [1.807, 2.05) is 12.1 Å². The molecule has 16 heavy (non-hydrogen) atoms. The smallest absolute Gasteiger partial charge is 0.148 e. The second kappa shape index (κ2) is 3.75. The van der Waals surface area contributed by atoms with Gasteiger partial charge in [0.15, 0.2) is 0 Å². The van der Waals surface area contributed by atoms with Crippen LogP contribution < -0.4 is 19.9 Å². The van der Waals surface area contributed by atoms with Gasteiger partial charge < -0.3 is 14.4 Å². The maximum atomic E-state index is 5.64. The Kier molecular flexibility index (Phi) is 2.25. The van der Waals surface area contributed by atoms with E-state index in [0.717, 1.165) is 49.2 Å². The summed E-state index contributed by atoms with van der Waals surface area (Å²) in [5, 5.41) is 0. The van der Waals surface area contributed by atoms with Crippen LogP contribution in [0.5, 0.6) is 11.5 Å². The number of nitrogens with one attached hydrogen (secondary N) is 1. The van der Waals surface area contributed by atoms with E-state index < -0.39 is 0 Å². The van der Waals surface area contributed by atoms with Crippen LogP contribution in [0.4, 0.5) is 11.4 Å². The van der Waals surface area contributed by atoms with Crippen molar-refractivity contribution >= 4 is 11.4 Å².